The summed E-state index contributed by atoms with van der Waals surface area (Å²) in [6.45, 7) is 2.47. The van der Waals surface area contributed by atoms with E-state index < -0.39 is 17.4 Å². The van der Waals surface area contributed by atoms with E-state index in [1.54, 1.807) is 9.80 Å². The summed E-state index contributed by atoms with van der Waals surface area (Å²) in [5, 5.41) is 6.90. The molecule has 1 spiro atoms. The summed E-state index contributed by atoms with van der Waals surface area (Å²) >= 11 is 0. The van der Waals surface area contributed by atoms with Crippen molar-refractivity contribution in [3.05, 3.63) is 17.5 Å². The third-order valence-electron chi connectivity index (χ3n) is 5.88. The number of piperidine rings is 1. The fourth-order valence-corrected chi connectivity index (χ4v) is 4.41. The fourth-order valence-electron chi connectivity index (χ4n) is 4.41. The monoisotopic (exact) mass is 415 g/mol. The van der Waals surface area contributed by atoms with Crippen molar-refractivity contribution in [3.63, 3.8) is 0 Å². The molecule has 1 aromatic heterocycles. The lowest BCUT2D eigenvalue weighted by atomic mass is 9.89. The van der Waals surface area contributed by atoms with Gasteiger partial charge in [0.1, 0.15) is 12.3 Å². The SMILES string of the molecule is Cn1nc(CC2CCN(C(=O)N3CC4(COCC(=O)N4)C3)CC2)cc1C(F)(F)F. The number of likely N-dealkylation sites (tertiary alicyclic amines) is 2. The van der Waals surface area contributed by atoms with E-state index in [1.807, 2.05) is 0 Å². The summed E-state index contributed by atoms with van der Waals surface area (Å²) in [6.07, 6.45) is -2.49. The molecule has 0 aromatic carbocycles. The minimum atomic E-state index is -4.41. The van der Waals surface area contributed by atoms with Crippen LogP contribution in [0.2, 0.25) is 0 Å². The Morgan fingerprint density at radius 2 is 2.00 bits per heavy atom. The third-order valence-corrected chi connectivity index (χ3v) is 5.88. The van der Waals surface area contributed by atoms with E-state index >= 15 is 0 Å². The Morgan fingerprint density at radius 3 is 2.59 bits per heavy atom. The highest BCUT2D eigenvalue weighted by molar-refractivity contribution is 5.81. The molecule has 4 heterocycles. The molecule has 0 unspecified atom stereocenters. The van der Waals surface area contributed by atoms with Crippen LogP contribution in [0.4, 0.5) is 18.0 Å². The summed E-state index contributed by atoms with van der Waals surface area (Å²) in [5.74, 6) is 0.0381. The van der Waals surface area contributed by atoms with Crippen LogP contribution >= 0.6 is 0 Å². The van der Waals surface area contributed by atoms with Crippen LogP contribution in [0.1, 0.15) is 24.2 Å². The maximum absolute atomic E-state index is 12.9. The van der Waals surface area contributed by atoms with Crippen molar-refractivity contribution in [1.82, 2.24) is 24.9 Å². The van der Waals surface area contributed by atoms with E-state index in [-0.39, 0.29) is 24.5 Å². The Hall–Kier alpha value is -2.30. The van der Waals surface area contributed by atoms with Crippen LogP contribution in [0.5, 0.6) is 0 Å². The van der Waals surface area contributed by atoms with Crippen LogP contribution in [-0.4, -0.2) is 76.5 Å². The highest BCUT2D eigenvalue weighted by atomic mass is 19.4. The highest BCUT2D eigenvalue weighted by Gasteiger charge is 2.49. The van der Waals surface area contributed by atoms with Gasteiger partial charge < -0.3 is 19.9 Å². The van der Waals surface area contributed by atoms with Crippen LogP contribution in [0, 0.1) is 5.92 Å². The van der Waals surface area contributed by atoms with Gasteiger partial charge in [-0.15, -0.1) is 0 Å². The van der Waals surface area contributed by atoms with E-state index in [0.29, 0.717) is 44.9 Å². The molecule has 1 aromatic rings. The zero-order valence-corrected chi connectivity index (χ0v) is 16.2. The molecule has 8 nitrogen and oxygen atoms in total. The fraction of sp³-hybridized carbons (Fsp3) is 0.722. The zero-order valence-electron chi connectivity index (χ0n) is 16.2. The number of carbonyl (C=O) groups excluding carboxylic acids is 2. The van der Waals surface area contributed by atoms with Crippen LogP contribution < -0.4 is 5.32 Å². The molecule has 29 heavy (non-hydrogen) atoms. The molecule has 1 N–H and O–H groups in total. The molecular formula is C18H24F3N5O3. The van der Waals surface area contributed by atoms with Crippen molar-refractivity contribution in [2.75, 3.05) is 39.4 Å². The number of aromatic nitrogens is 2. The minimum Gasteiger partial charge on any atom is -0.369 e. The molecule has 0 bridgehead atoms. The molecule has 4 rings (SSSR count). The van der Waals surface area contributed by atoms with Gasteiger partial charge >= 0.3 is 12.2 Å². The smallest absolute Gasteiger partial charge is 0.369 e. The first-order valence-corrected chi connectivity index (χ1v) is 9.68. The molecule has 3 amide bonds. The van der Waals surface area contributed by atoms with Crippen LogP contribution in [0.15, 0.2) is 6.07 Å². The normalized spacial score (nSPS) is 22.6. The predicted molar refractivity (Wildman–Crippen MR) is 94.9 cm³/mol. The molecule has 3 aliphatic rings. The number of amides is 3. The highest BCUT2D eigenvalue weighted by Crippen LogP contribution is 2.31. The van der Waals surface area contributed by atoms with E-state index in [9.17, 15) is 22.8 Å². The zero-order chi connectivity index (χ0) is 20.8. The number of ether oxygens (including phenoxy) is 1. The topological polar surface area (TPSA) is 79.7 Å². The van der Waals surface area contributed by atoms with Crippen molar-refractivity contribution in [2.24, 2.45) is 13.0 Å². The first-order valence-electron chi connectivity index (χ1n) is 9.68. The largest absolute Gasteiger partial charge is 0.433 e. The van der Waals surface area contributed by atoms with E-state index in [0.717, 1.165) is 23.6 Å². The summed E-state index contributed by atoms with van der Waals surface area (Å²) in [7, 11) is 1.30. The average Bonchev–Trinajstić information content (AvgIpc) is 3.00. The van der Waals surface area contributed by atoms with Crippen molar-refractivity contribution in [2.45, 2.75) is 31.0 Å². The second-order valence-corrected chi connectivity index (χ2v) is 8.24. The van der Waals surface area contributed by atoms with Crippen molar-refractivity contribution in [3.8, 4) is 0 Å². The number of rotatable bonds is 2. The van der Waals surface area contributed by atoms with Gasteiger partial charge in [-0.05, 0) is 31.2 Å². The summed E-state index contributed by atoms with van der Waals surface area (Å²) in [5.41, 5.74) is -0.772. The van der Waals surface area contributed by atoms with Crippen molar-refractivity contribution < 1.29 is 27.5 Å². The second-order valence-electron chi connectivity index (χ2n) is 8.24. The predicted octanol–water partition coefficient (Wildman–Crippen LogP) is 1.01. The Balaban J connectivity index is 1.26. The van der Waals surface area contributed by atoms with Gasteiger partial charge in [-0.25, -0.2) is 4.79 Å². The number of carbonyl (C=O) groups is 2. The summed E-state index contributed by atoms with van der Waals surface area (Å²) < 4.78 is 44.9. The maximum Gasteiger partial charge on any atom is 0.433 e. The quantitative estimate of drug-likeness (QED) is 0.782. The number of halogens is 3. The van der Waals surface area contributed by atoms with E-state index in [2.05, 4.69) is 10.4 Å². The number of hydrogen-bond donors (Lipinski definition) is 1. The molecule has 11 heteroatoms. The Labute approximate surface area is 165 Å². The number of alkyl halides is 3. The number of urea groups is 1. The molecule has 3 saturated heterocycles. The number of hydrogen-bond acceptors (Lipinski definition) is 4. The van der Waals surface area contributed by atoms with Gasteiger partial charge in [-0.2, -0.15) is 18.3 Å². The maximum atomic E-state index is 12.9. The van der Waals surface area contributed by atoms with Gasteiger partial charge in [0.2, 0.25) is 5.91 Å². The van der Waals surface area contributed by atoms with Gasteiger partial charge in [0.25, 0.3) is 0 Å². The molecule has 0 aliphatic carbocycles. The number of nitrogens with zero attached hydrogens (tertiary/aromatic N) is 4. The van der Waals surface area contributed by atoms with Crippen molar-refractivity contribution in [1.29, 1.82) is 0 Å². The molecule has 0 atom stereocenters. The lowest BCUT2D eigenvalue weighted by Gasteiger charge is -2.52. The van der Waals surface area contributed by atoms with Gasteiger partial charge in [-0.3, -0.25) is 9.48 Å². The lowest BCUT2D eigenvalue weighted by molar-refractivity contribution is -0.143. The average molecular weight is 415 g/mol. The Bertz CT molecular complexity index is 795. The second kappa shape index (κ2) is 7.19. The van der Waals surface area contributed by atoms with Crippen LogP contribution in [0.3, 0.4) is 0 Å². The first-order chi connectivity index (χ1) is 13.7. The molecule has 3 fully saturated rings. The molecule has 3 aliphatic heterocycles. The number of aryl methyl sites for hydroxylation is 1. The van der Waals surface area contributed by atoms with Crippen LogP contribution in [-0.2, 0) is 29.2 Å². The summed E-state index contributed by atoms with van der Waals surface area (Å²) in [6, 6.07) is 1.04. The standard InChI is InChI=1S/C18H24F3N5O3/c1-24-14(18(19,20)21)7-13(23-24)6-12-2-4-25(5-3-12)16(28)26-9-17(10-26)11-29-8-15(27)22-17/h7,12H,2-6,8-11H2,1H3,(H,22,27). The number of morpholine rings is 1. The van der Waals surface area contributed by atoms with Crippen LogP contribution in [0.25, 0.3) is 0 Å². The number of nitrogens with one attached hydrogen (secondary N) is 1. The van der Waals surface area contributed by atoms with Gasteiger partial charge in [-0.1, -0.05) is 0 Å². The molecule has 160 valence electrons. The Kier molecular flexibility index (Phi) is 4.96. The lowest BCUT2D eigenvalue weighted by Crippen LogP contribution is -2.76. The minimum absolute atomic E-state index is 0.0595. The van der Waals surface area contributed by atoms with Gasteiger partial charge in [0.15, 0.2) is 0 Å². The first kappa shape index (κ1) is 20.0. The van der Waals surface area contributed by atoms with E-state index in [4.69, 9.17) is 4.74 Å². The Morgan fingerprint density at radius 1 is 1.31 bits per heavy atom. The molecule has 0 saturated carbocycles. The van der Waals surface area contributed by atoms with Gasteiger partial charge in [0.05, 0.1) is 17.8 Å². The van der Waals surface area contributed by atoms with E-state index in [1.165, 1.54) is 7.05 Å². The van der Waals surface area contributed by atoms with Gasteiger partial charge in [0, 0.05) is 33.2 Å². The van der Waals surface area contributed by atoms with Crippen molar-refractivity contribution >= 4 is 11.9 Å². The molecule has 0 radical (unpaired) electrons. The molecular weight excluding hydrogens is 391 g/mol. The summed E-state index contributed by atoms with van der Waals surface area (Å²) in [4.78, 5) is 27.6. The third kappa shape index (κ3) is 4.05.